The minimum atomic E-state index is -0.801. The van der Waals surface area contributed by atoms with Crippen molar-refractivity contribution in [2.75, 3.05) is 14.2 Å². The predicted molar refractivity (Wildman–Crippen MR) is 123 cm³/mol. The Hall–Kier alpha value is -3.92. The maximum absolute atomic E-state index is 14.4. The fraction of sp³-hybridized carbons (Fsp3) is 0.174. The summed E-state index contributed by atoms with van der Waals surface area (Å²) in [6.07, 6.45) is 0. The molecule has 0 saturated heterocycles. The summed E-state index contributed by atoms with van der Waals surface area (Å²) in [5, 5.41) is 4.40. The predicted octanol–water partition coefficient (Wildman–Crippen LogP) is 2.69. The van der Waals surface area contributed by atoms with E-state index >= 15 is 0 Å². The topological polar surface area (TPSA) is 91.6 Å². The molecule has 170 valence electrons. The Labute approximate surface area is 191 Å². The molecule has 33 heavy (non-hydrogen) atoms. The summed E-state index contributed by atoms with van der Waals surface area (Å²) in [5.74, 6) is -0.162. The molecule has 4 rings (SSSR count). The summed E-state index contributed by atoms with van der Waals surface area (Å²) in [7, 11) is 3.02. The lowest BCUT2D eigenvalue weighted by Crippen LogP contribution is -2.41. The van der Waals surface area contributed by atoms with Gasteiger partial charge in [0.1, 0.15) is 17.1 Å². The van der Waals surface area contributed by atoms with Gasteiger partial charge in [0, 0.05) is 12.1 Å². The molecular weight excluding hydrogens is 449 g/mol. The molecule has 4 aromatic rings. The second kappa shape index (κ2) is 9.29. The molecule has 2 heterocycles. The normalized spacial score (nSPS) is 10.9. The number of para-hydroxylation sites is 2. The summed E-state index contributed by atoms with van der Waals surface area (Å²) in [6.45, 7) is -0.221. The van der Waals surface area contributed by atoms with Crippen LogP contribution in [-0.2, 0) is 17.9 Å². The molecule has 2 aromatic carbocycles. The van der Waals surface area contributed by atoms with E-state index in [0.717, 1.165) is 20.5 Å². The molecule has 0 bridgehead atoms. The van der Waals surface area contributed by atoms with E-state index in [4.69, 9.17) is 9.47 Å². The van der Waals surface area contributed by atoms with Crippen molar-refractivity contribution in [2.45, 2.75) is 13.1 Å². The van der Waals surface area contributed by atoms with Crippen LogP contribution in [0.2, 0.25) is 0 Å². The quantitative estimate of drug-likeness (QED) is 0.449. The number of thiophene rings is 1. The molecule has 0 unspecified atom stereocenters. The smallest absolute Gasteiger partial charge is 0.336 e. The van der Waals surface area contributed by atoms with Gasteiger partial charge in [-0.25, -0.2) is 13.8 Å². The Morgan fingerprint density at radius 3 is 2.58 bits per heavy atom. The summed E-state index contributed by atoms with van der Waals surface area (Å²) < 4.78 is 27.2. The molecule has 1 N–H and O–H groups in total. The van der Waals surface area contributed by atoms with Gasteiger partial charge >= 0.3 is 5.69 Å². The van der Waals surface area contributed by atoms with Crippen molar-refractivity contribution >= 4 is 27.5 Å². The van der Waals surface area contributed by atoms with Crippen LogP contribution < -0.4 is 26.0 Å². The van der Waals surface area contributed by atoms with E-state index in [1.165, 1.54) is 38.5 Å². The van der Waals surface area contributed by atoms with Gasteiger partial charge in [-0.05, 0) is 29.6 Å². The number of ether oxygens (including phenoxy) is 2. The number of carbonyl (C=O) groups is 1. The molecule has 0 aliphatic carbocycles. The number of methoxy groups -OCH3 is 2. The number of nitrogens with zero attached hydrogens (tertiary/aromatic N) is 2. The third-order valence-corrected chi connectivity index (χ3v) is 6.00. The molecule has 1 amide bonds. The van der Waals surface area contributed by atoms with Crippen LogP contribution in [0, 0.1) is 5.82 Å². The Morgan fingerprint density at radius 1 is 1.06 bits per heavy atom. The number of aromatic nitrogens is 2. The molecule has 0 atom stereocenters. The number of fused-ring (bicyclic) bond motifs is 1. The monoisotopic (exact) mass is 469 g/mol. The summed E-state index contributed by atoms with van der Waals surface area (Å²) >= 11 is 1.12. The fourth-order valence-corrected chi connectivity index (χ4v) is 4.40. The van der Waals surface area contributed by atoms with Gasteiger partial charge < -0.3 is 14.8 Å². The Balaban J connectivity index is 1.68. The molecule has 8 nitrogen and oxygen atoms in total. The van der Waals surface area contributed by atoms with E-state index in [9.17, 15) is 18.8 Å². The zero-order valence-electron chi connectivity index (χ0n) is 17.8. The van der Waals surface area contributed by atoms with Crippen LogP contribution in [0.5, 0.6) is 11.5 Å². The van der Waals surface area contributed by atoms with Gasteiger partial charge in [-0.2, -0.15) is 0 Å². The van der Waals surface area contributed by atoms with Crippen molar-refractivity contribution in [2.24, 2.45) is 0 Å². The largest absolute Gasteiger partial charge is 0.493 e. The van der Waals surface area contributed by atoms with Gasteiger partial charge in [0.15, 0.2) is 11.5 Å². The summed E-state index contributed by atoms with van der Waals surface area (Å²) in [5.41, 5.74) is -0.595. The van der Waals surface area contributed by atoms with Crippen molar-refractivity contribution < 1.29 is 18.7 Å². The average Bonchev–Trinajstić information content (AvgIpc) is 3.31. The third-order valence-electron chi connectivity index (χ3n) is 5.11. The van der Waals surface area contributed by atoms with Crippen LogP contribution in [0.25, 0.3) is 15.9 Å². The van der Waals surface area contributed by atoms with Crippen molar-refractivity contribution in [3.05, 3.63) is 86.1 Å². The number of halogens is 1. The van der Waals surface area contributed by atoms with Gasteiger partial charge in [0.2, 0.25) is 5.91 Å². The highest BCUT2D eigenvalue weighted by atomic mass is 32.1. The Morgan fingerprint density at radius 2 is 1.85 bits per heavy atom. The first-order valence-corrected chi connectivity index (χ1v) is 10.8. The molecule has 0 aliphatic heterocycles. The number of carbonyl (C=O) groups excluding carboxylic acids is 1. The first kappa shape index (κ1) is 22.3. The Kier molecular flexibility index (Phi) is 6.27. The first-order valence-electron chi connectivity index (χ1n) is 9.90. The lowest BCUT2D eigenvalue weighted by molar-refractivity contribution is -0.121. The third kappa shape index (κ3) is 4.12. The maximum atomic E-state index is 14.4. The van der Waals surface area contributed by atoms with E-state index in [1.807, 2.05) is 0 Å². The molecule has 0 fully saturated rings. The molecule has 2 aromatic heterocycles. The number of nitrogens with one attached hydrogen (secondary N) is 1. The van der Waals surface area contributed by atoms with Gasteiger partial charge in [-0.15, -0.1) is 11.3 Å². The van der Waals surface area contributed by atoms with Crippen LogP contribution in [0.4, 0.5) is 4.39 Å². The van der Waals surface area contributed by atoms with Crippen molar-refractivity contribution in [1.82, 2.24) is 14.5 Å². The highest BCUT2D eigenvalue weighted by Crippen LogP contribution is 2.30. The van der Waals surface area contributed by atoms with Crippen LogP contribution in [-0.4, -0.2) is 29.3 Å². The van der Waals surface area contributed by atoms with Crippen LogP contribution >= 0.6 is 11.3 Å². The molecule has 10 heteroatoms. The van der Waals surface area contributed by atoms with Crippen molar-refractivity contribution in [1.29, 1.82) is 0 Å². The number of hydrogen-bond donors (Lipinski definition) is 1. The zero-order valence-corrected chi connectivity index (χ0v) is 18.6. The standard InChI is InChI=1S/C23H20FN3O5S/c1-31-18-9-5-6-14(20(18)32-2)12-25-19(28)13-26-17-10-11-33-21(17)22(29)27(23(26)30)16-8-4-3-7-15(16)24/h3-11H,12-13H2,1-2H3,(H,25,28). The molecule has 0 spiro atoms. The first-order chi connectivity index (χ1) is 16.0. The van der Waals surface area contributed by atoms with Gasteiger partial charge in [-0.1, -0.05) is 24.3 Å². The Bertz CT molecular complexity index is 1460. The fourth-order valence-electron chi connectivity index (χ4n) is 3.57. The van der Waals surface area contributed by atoms with Crippen LogP contribution in [0.15, 0.2) is 63.5 Å². The molecule has 0 aliphatic rings. The zero-order chi connectivity index (χ0) is 23.5. The number of hydrogen-bond acceptors (Lipinski definition) is 6. The van der Waals surface area contributed by atoms with E-state index in [2.05, 4.69) is 5.32 Å². The van der Waals surface area contributed by atoms with Crippen LogP contribution in [0.1, 0.15) is 5.56 Å². The lowest BCUT2D eigenvalue weighted by Gasteiger charge is -2.14. The van der Waals surface area contributed by atoms with Crippen LogP contribution in [0.3, 0.4) is 0 Å². The highest BCUT2D eigenvalue weighted by molar-refractivity contribution is 7.17. The van der Waals surface area contributed by atoms with E-state index in [-0.39, 0.29) is 23.5 Å². The van der Waals surface area contributed by atoms with E-state index < -0.39 is 23.0 Å². The van der Waals surface area contributed by atoms with Crippen molar-refractivity contribution in [3.63, 3.8) is 0 Å². The number of amides is 1. The maximum Gasteiger partial charge on any atom is 0.336 e. The summed E-state index contributed by atoms with van der Waals surface area (Å²) in [4.78, 5) is 38.9. The minimum absolute atomic E-state index is 0.133. The molecule has 0 radical (unpaired) electrons. The van der Waals surface area contributed by atoms with E-state index in [0.29, 0.717) is 22.6 Å². The number of rotatable bonds is 7. The SMILES string of the molecule is COc1cccc(CNC(=O)Cn2c(=O)n(-c3ccccc3F)c(=O)c3sccc32)c1OC. The average molecular weight is 469 g/mol. The lowest BCUT2D eigenvalue weighted by atomic mass is 10.2. The van der Waals surface area contributed by atoms with Crippen molar-refractivity contribution in [3.8, 4) is 17.2 Å². The minimum Gasteiger partial charge on any atom is -0.493 e. The van der Waals surface area contributed by atoms with E-state index in [1.54, 1.807) is 29.6 Å². The molecular formula is C23H20FN3O5S. The van der Waals surface area contributed by atoms with Gasteiger partial charge in [-0.3, -0.25) is 14.2 Å². The number of benzene rings is 2. The summed E-state index contributed by atoms with van der Waals surface area (Å²) in [6, 6.07) is 12.4. The molecule has 0 saturated carbocycles. The highest BCUT2D eigenvalue weighted by Gasteiger charge is 2.19. The van der Waals surface area contributed by atoms with Gasteiger partial charge in [0.25, 0.3) is 5.56 Å². The second-order valence-electron chi connectivity index (χ2n) is 7.03. The van der Waals surface area contributed by atoms with Gasteiger partial charge in [0.05, 0.1) is 25.4 Å². The second-order valence-corrected chi connectivity index (χ2v) is 7.94.